The molecule has 3 saturated heterocycles. The number of hydrogen-bond donors (Lipinski definition) is 13. The summed E-state index contributed by atoms with van der Waals surface area (Å²) in [6.45, 7) is -0.0281. The standard InChI is InChI=1S/C44H52O24/c1-16-40(68-30(49)7-5-17-4-6-23(59-2)21(47)8-17)36(55)39(58)42(62-16)61-15-29-33(52)35(54)38(57)44(67-29)65-27-13-20-24(63-41(27)18-9-22(48)31(50)26(10-18)60-3)11-19(46)12-25(20)64-43-37(56)34(53)32(51)28(14-45)66-43/h4-13,16,28-29,32-48,50-58H,14-15H2,1-3H3/p+1. The van der Waals surface area contributed by atoms with Crippen molar-refractivity contribution < 1.29 is 119 Å². The number of aliphatic hydroxyl groups is 10. The summed E-state index contributed by atoms with van der Waals surface area (Å²) in [5, 5.41) is 138. The van der Waals surface area contributed by atoms with Crippen molar-refractivity contribution in [1.82, 2.24) is 0 Å². The predicted octanol–water partition coefficient (Wildman–Crippen LogP) is -2.03. The molecule has 0 spiro atoms. The lowest BCUT2D eigenvalue weighted by atomic mass is 9.97. The summed E-state index contributed by atoms with van der Waals surface area (Å²) in [4.78, 5) is 12.7. The van der Waals surface area contributed by atoms with E-state index in [1.807, 2.05) is 0 Å². The zero-order chi connectivity index (χ0) is 49.3. The van der Waals surface area contributed by atoms with Crippen molar-refractivity contribution in [1.29, 1.82) is 0 Å². The molecule has 4 aliphatic heterocycles. The molecule has 4 aliphatic rings. The van der Waals surface area contributed by atoms with Crippen molar-refractivity contribution in [2.45, 2.75) is 105 Å². The number of fused-ring (bicyclic) bond motifs is 1. The van der Waals surface area contributed by atoms with E-state index in [4.69, 9.17) is 42.6 Å². The van der Waals surface area contributed by atoms with Crippen LogP contribution in [-0.2, 0) is 33.2 Å². The lowest BCUT2D eigenvalue weighted by molar-refractivity contribution is -0.325. The van der Waals surface area contributed by atoms with Crippen LogP contribution in [0.1, 0.15) is 29.7 Å². The van der Waals surface area contributed by atoms with Crippen molar-refractivity contribution in [3.8, 4) is 46.0 Å². The van der Waals surface area contributed by atoms with E-state index >= 15 is 0 Å². The third-order valence-electron chi connectivity index (χ3n) is 11.6. The number of phenolic OH excluding ortho intramolecular Hbond substituents is 4. The summed E-state index contributed by atoms with van der Waals surface area (Å²) >= 11 is 0. The van der Waals surface area contributed by atoms with Gasteiger partial charge in [-0.3, -0.25) is 0 Å². The molecule has 372 valence electrons. The molecule has 16 atom stereocenters. The van der Waals surface area contributed by atoms with E-state index in [9.17, 15) is 71.2 Å². The molecule has 24 heteroatoms. The lowest BCUT2D eigenvalue weighted by Crippen LogP contribution is -2.61. The fourth-order valence-electron chi connectivity index (χ4n) is 7.86. The van der Waals surface area contributed by atoms with Crippen LogP contribution in [0.4, 0.5) is 0 Å². The van der Waals surface area contributed by atoms with Gasteiger partial charge in [0.2, 0.25) is 18.3 Å². The Bertz CT molecular complexity index is 2320. The first-order valence-electron chi connectivity index (χ1n) is 21.0. The molecule has 3 fully saturated rings. The highest BCUT2D eigenvalue weighted by Gasteiger charge is 2.50. The van der Waals surface area contributed by atoms with E-state index in [0.717, 1.165) is 18.2 Å². The van der Waals surface area contributed by atoms with Gasteiger partial charge in [-0.15, -0.1) is 0 Å². The Balaban J connectivity index is 1.09. The summed E-state index contributed by atoms with van der Waals surface area (Å²) < 4.78 is 55.1. The van der Waals surface area contributed by atoms with Crippen molar-refractivity contribution in [3.05, 3.63) is 71.0 Å². The Labute approximate surface area is 385 Å². The first-order chi connectivity index (χ1) is 32.3. The number of carbonyl (C=O) groups excluding carboxylic acids is 1. The number of aliphatic hydroxyl groups excluding tert-OH is 9. The summed E-state index contributed by atoms with van der Waals surface area (Å²) in [7, 11) is 2.59. The molecule has 24 nitrogen and oxygen atoms in total. The van der Waals surface area contributed by atoms with E-state index in [0.29, 0.717) is 5.56 Å². The molecule has 0 bridgehead atoms. The second-order valence-corrected chi connectivity index (χ2v) is 16.2. The lowest BCUT2D eigenvalue weighted by Gasteiger charge is -2.43. The number of esters is 1. The highest BCUT2D eigenvalue weighted by molar-refractivity contribution is 5.87. The minimum absolute atomic E-state index is 0.00838. The molecule has 4 heterocycles. The quantitative estimate of drug-likeness (QED) is 0.0359. The highest BCUT2D eigenvalue weighted by Crippen LogP contribution is 2.49. The molecular weight excluding hydrogens is 912 g/mol. The van der Waals surface area contributed by atoms with Crippen molar-refractivity contribution >= 4 is 18.1 Å². The van der Waals surface area contributed by atoms with E-state index in [1.54, 1.807) is 6.07 Å². The van der Waals surface area contributed by atoms with E-state index in [1.165, 1.54) is 57.6 Å². The van der Waals surface area contributed by atoms with Gasteiger partial charge in [0.15, 0.2) is 41.2 Å². The molecule has 14 N–H and O–H groups in total. The second-order valence-electron chi connectivity index (χ2n) is 16.2. The monoisotopic (exact) mass is 965 g/mol. The number of aromatic hydroxyl groups is 5. The Morgan fingerprint density at radius 3 is 2.00 bits per heavy atom. The van der Waals surface area contributed by atoms with Crippen LogP contribution < -0.4 is 14.2 Å². The molecule has 0 amide bonds. The summed E-state index contributed by atoms with van der Waals surface area (Å²) in [6.07, 6.45) is -23.2. The maximum atomic E-state index is 12.7. The van der Waals surface area contributed by atoms with Crippen molar-refractivity contribution in [3.63, 3.8) is 0 Å². The Morgan fingerprint density at radius 2 is 1.34 bits per heavy atom. The average Bonchev–Trinajstić information content (AvgIpc) is 3.31. The number of benzene rings is 3. The molecule has 0 saturated carbocycles. The minimum Gasteiger partial charge on any atom is -0.571 e. The van der Waals surface area contributed by atoms with E-state index in [-0.39, 0.29) is 45.6 Å². The number of phenols is 4. The van der Waals surface area contributed by atoms with Gasteiger partial charge >= 0.3 is 5.97 Å². The third kappa shape index (κ3) is 10.3. The molecular formula is C44H53O24+. The van der Waals surface area contributed by atoms with Crippen molar-refractivity contribution in [2.24, 2.45) is 0 Å². The summed E-state index contributed by atoms with van der Waals surface area (Å²) in [5.41, 5.74) is 0.525. The third-order valence-corrected chi connectivity index (χ3v) is 11.6. The molecule has 16 unspecified atom stereocenters. The molecule has 0 aliphatic carbocycles. The van der Waals surface area contributed by atoms with Gasteiger partial charge in [-0.2, -0.15) is 0 Å². The van der Waals surface area contributed by atoms with E-state index < -0.39 is 135 Å². The van der Waals surface area contributed by atoms with E-state index in [2.05, 4.69) is 4.74 Å². The average molecular weight is 966 g/mol. The van der Waals surface area contributed by atoms with Gasteiger partial charge in [0.1, 0.15) is 78.1 Å². The predicted molar refractivity (Wildman–Crippen MR) is 225 cm³/mol. The van der Waals surface area contributed by atoms with Gasteiger partial charge in [0.25, 0.3) is 11.9 Å². The maximum Gasteiger partial charge on any atom is 0.331 e. The summed E-state index contributed by atoms with van der Waals surface area (Å²) in [5.74, 6) is -3.27. The largest absolute Gasteiger partial charge is 0.571 e. The molecule has 0 aromatic heterocycles. The SMILES string of the molecule is COc1ccc(C=CC(=O)OC2C(C)OC(OCC3OC(OC4=Cc5c(OC6OC(CO)C(O)C(O)C6O)cc(O)cc5[OH+]C4c4cc(O)c(O)c(OC)c4)C(O)C(O)C3O)C(O)C2O)cc1O. The zero-order valence-electron chi connectivity index (χ0n) is 36.3. The number of hydrogen-bond acceptors (Lipinski definition) is 23. The molecule has 0 radical (unpaired) electrons. The number of ether oxygens (including phenoxy) is 10. The summed E-state index contributed by atoms with van der Waals surface area (Å²) in [6, 6.07) is 9.06. The zero-order valence-corrected chi connectivity index (χ0v) is 36.3. The number of carbonyl (C=O) groups is 1. The van der Waals surface area contributed by atoms with Crippen LogP contribution in [0.25, 0.3) is 12.2 Å². The molecule has 3 aromatic carbocycles. The smallest absolute Gasteiger partial charge is 0.331 e. The Hall–Kier alpha value is -5.71. The van der Waals surface area contributed by atoms with Gasteiger partial charge in [-0.05, 0) is 42.8 Å². The van der Waals surface area contributed by atoms with Gasteiger partial charge in [-0.25, -0.2) is 4.79 Å². The van der Waals surface area contributed by atoms with Gasteiger partial charge in [-0.1, -0.05) is 6.07 Å². The Kier molecular flexibility index (Phi) is 15.4. The van der Waals surface area contributed by atoms with Gasteiger partial charge in [0.05, 0.1) is 45.2 Å². The van der Waals surface area contributed by atoms with Crippen LogP contribution in [0.5, 0.6) is 46.0 Å². The fourth-order valence-corrected chi connectivity index (χ4v) is 7.86. The van der Waals surface area contributed by atoms with Crippen LogP contribution in [0.2, 0.25) is 0 Å². The second kappa shape index (κ2) is 20.9. The molecule has 3 aromatic rings. The van der Waals surface area contributed by atoms with Crippen LogP contribution >= 0.6 is 0 Å². The minimum atomic E-state index is -1.99. The Morgan fingerprint density at radius 1 is 0.691 bits per heavy atom. The van der Waals surface area contributed by atoms with Gasteiger partial charge in [0, 0.05) is 18.2 Å². The highest BCUT2D eigenvalue weighted by atomic mass is 16.7. The number of rotatable bonds is 14. The molecule has 7 rings (SSSR count). The van der Waals surface area contributed by atoms with Crippen molar-refractivity contribution in [2.75, 3.05) is 27.4 Å². The van der Waals surface area contributed by atoms with Gasteiger partial charge < -0.3 is 114 Å². The van der Waals surface area contributed by atoms with Crippen LogP contribution in [0.15, 0.2) is 54.3 Å². The fraction of sp³-hybridized carbons (Fsp3) is 0.477. The maximum absolute atomic E-state index is 12.7. The first-order valence-corrected chi connectivity index (χ1v) is 21.0. The molecule has 68 heavy (non-hydrogen) atoms. The topological polar surface area (TPSA) is 376 Å². The normalized spacial score (nSPS) is 33.7. The van der Waals surface area contributed by atoms with Crippen LogP contribution in [-0.4, -0.2) is 197 Å². The van der Waals surface area contributed by atoms with Crippen LogP contribution in [0, 0.1) is 0 Å². The first kappa shape index (κ1) is 50.2. The van der Waals surface area contributed by atoms with Crippen LogP contribution in [0.3, 0.4) is 0 Å². The number of methoxy groups -OCH3 is 2.